The molecule has 0 fully saturated rings. The van der Waals surface area contributed by atoms with Crippen LogP contribution in [0.4, 0.5) is 0 Å². The highest BCUT2D eigenvalue weighted by Crippen LogP contribution is 2.30. The summed E-state index contributed by atoms with van der Waals surface area (Å²) in [5.74, 6) is -0.943. The Morgan fingerprint density at radius 3 is 2.25 bits per heavy atom. The maximum Gasteiger partial charge on any atom is 0.261 e. The molecule has 0 radical (unpaired) electrons. The summed E-state index contributed by atoms with van der Waals surface area (Å²) in [6, 6.07) is 18.1. The SMILES string of the molecule is O=C1c2cccc3cccc(c23)C(=O)N1CCC(=O)n1cnc2ccccc21. The third-order valence-corrected chi connectivity index (χ3v) is 5.13. The van der Waals surface area contributed by atoms with E-state index in [1.807, 2.05) is 36.4 Å². The summed E-state index contributed by atoms with van der Waals surface area (Å²) in [5.41, 5.74) is 2.42. The first kappa shape index (κ1) is 16.4. The summed E-state index contributed by atoms with van der Waals surface area (Å²) < 4.78 is 1.46. The molecule has 0 atom stereocenters. The third-order valence-electron chi connectivity index (χ3n) is 5.13. The molecule has 136 valence electrons. The van der Waals surface area contributed by atoms with Crippen LogP contribution in [0.3, 0.4) is 0 Å². The lowest BCUT2D eigenvalue weighted by atomic mass is 9.94. The lowest BCUT2D eigenvalue weighted by Crippen LogP contribution is -2.41. The van der Waals surface area contributed by atoms with Gasteiger partial charge in [0.25, 0.3) is 11.8 Å². The highest BCUT2D eigenvalue weighted by Gasteiger charge is 2.32. The van der Waals surface area contributed by atoms with Crippen molar-refractivity contribution in [3.63, 3.8) is 0 Å². The van der Waals surface area contributed by atoms with Gasteiger partial charge in [0.15, 0.2) is 0 Å². The molecule has 2 amide bonds. The van der Waals surface area contributed by atoms with Crippen LogP contribution in [-0.4, -0.2) is 38.7 Å². The normalized spacial score (nSPS) is 13.5. The molecule has 0 spiro atoms. The number of hydrogen-bond acceptors (Lipinski definition) is 4. The van der Waals surface area contributed by atoms with Crippen molar-refractivity contribution in [1.29, 1.82) is 0 Å². The lowest BCUT2D eigenvalue weighted by Gasteiger charge is -2.27. The van der Waals surface area contributed by atoms with Crippen LogP contribution >= 0.6 is 0 Å². The van der Waals surface area contributed by atoms with Crippen LogP contribution in [0.2, 0.25) is 0 Å². The average molecular weight is 369 g/mol. The number of imidazole rings is 1. The smallest absolute Gasteiger partial charge is 0.261 e. The van der Waals surface area contributed by atoms with Gasteiger partial charge in [-0.1, -0.05) is 36.4 Å². The summed E-state index contributed by atoms with van der Waals surface area (Å²) in [5, 5.41) is 1.54. The largest absolute Gasteiger partial charge is 0.274 e. The van der Waals surface area contributed by atoms with E-state index in [0.717, 1.165) is 15.8 Å². The fourth-order valence-corrected chi connectivity index (χ4v) is 3.77. The summed E-state index contributed by atoms with van der Waals surface area (Å²) in [6.07, 6.45) is 1.50. The molecular weight excluding hydrogens is 354 g/mol. The van der Waals surface area contributed by atoms with Crippen LogP contribution in [0.15, 0.2) is 67.0 Å². The molecule has 5 rings (SSSR count). The summed E-state index contributed by atoms with van der Waals surface area (Å²) in [6.45, 7) is 0.0216. The van der Waals surface area contributed by atoms with E-state index in [9.17, 15) is 14.4 Å². The van der Waals surface area contributed by atoms with Gasteiger partial charge in [0, 0.05) is 29.5 Å². The average Bonchev–Trinajstić information content (AvgIpc) is 3.16. The minimum Gasteiger partial charge on any atom is -0.274 e. The van der Waals surface area contributed by atoms with Gasteiger partial charge in [-0.2, -0.15) is 0 Å². The van der Waals surface area contributed by atoms with Crippen molar-refractivity contribution in [2.24, 2.45) is 0 Å². The predicted molar refractivity (Wildman–Crippen MR) is 104 cm³/mol. The third kappa shape index (κ3) is 2.35. The van der Waals surface area contributed by atoms with Crippen LogP contribution in [-0.2, 0) is 0 Å². The van der Waals surface area contributed by atoms with Crippen LogP contribution in [0.5, 0.6) is 0 Å². The van der Waals surface area contributed by atoms with Crippen LogP contribution < -0.4 is 0 Å². The number of amides is 2. The summed E-state index contributed by atoms with van der Waals surface area (Å²) in [7, 11) is 0. The Labute approximate surface area is 160 Å². The first-order valence-corrected chi connectivity index (χ1v) is 8.98. The Morgan fingerprint density at radius 1 is 0.857 bits per heavy atom. The Bertz CT molecular complexity index is 1240. The van der Waals surface area contributed by atoms with Gasteiger partial charge in [0.05, 0.1) is 11.0 Å². The molecule has 0 bridgehead atoms. The van der Waals surface area contributed by atoms with E-state index in [1.54, 1.807) is 24.3 Å². The number of carbonyl (C=O) groups is 3. The molecular formula is C22H15N3O3. The van der Waals surface area contributed by atoms with E-state index >= 15 is 0 Å². The summed E-state index contributed by atoms with van der Waals surface area (Å²) in [4.78, 5) is 43.9. The molecule has 0 saturated carbocycles. The topological polar surface area (TPSA) is 72.3 Å². The predicted octanol–water partition coefficient (Wildman–Crippen LogP) is 3.52. The molecule has 0 unspecified atom stereocenters. The Hall–Kier alpha value is -3.80. The monoisotopic (exact) mass is 369 g/mol. The van der Waals surface area contributed by atoms with Gasteiger partial charge in [0.1, 0.15) is 6.33 Å². The van der Waals surface area contributed by atoms with Gasteiger partial charge in [-0.05, 0) is 29.7 Å². The zero-order valence-corrected chi connectivity index (χ0v) is 14.8. The first-order valence-electron chi connectivity index (χ1n) is 8.98. The molecule has 0 N–H and O–H groups in total. The molecule has 1 aliphatic heterocycles. The molecule has 1 aromatic heterocycles. The molecule has 6 nitrogen and oxygen atoms in total. The highest BCUT2D eigenvalue weighted by atomic mass is 16.2. The van der Waals surface area contributed by atoms with E-state index in [0.29, 0.717) is 22.0 Å². The zero-order valence-electron chi connectivity index (χ0n) is 14.8. The van der Waals surface area contributed by atoms with Crippen LogP contribution in [0, 0.1) is 0 Å². The van der Waals surface area contributed by atoms with Gasteiger partial charge < -0.3 is 0 Å². The molecule has 1 aliphatic rings. The van der Waals surface area contributed by atoms with Crippen molar-refractivity contribution in [2.75, 3.05) is 6.54 Å². The number of rotatable bonds is 3. The lowest BCUT2D eigenvalue weighted by molar-refractivity contribution is 0.0603. The molecule has 0 aliphatic carbocycles. The van der Waals surface area contributed by atoms with E-state index in [1.165, 1.54) is 10.9 Å². The Kier molecular flexibility index (Phi) is 3.58. The molecule has 6 heteroatoms. The van der Waals surface area contributed by atoms with Crippen molar-refractivity contribution < 1.29 is 14.4 Å². The minimum atomic E-state index is -0.363. The second-order valence-corrected chi connectivity index (χ2v) is 6.72. The number of para-hydroxylation sites is 2. The molecule has 4 aromatic rings. The minimum absolute atomic E-state index is 0.0216. The van der Waals surface area contributed by atoms with E-state index < -0.39 is 0 Å². The van der Waals surface area contributed by atoms with Crippen molar-refractivity contribution in [3.8, 4) is 0 Å². The number of benzene rings is 3. The van der Waals surface area contributed by atoms with E-state index in [-0.39, 0.29) is 30.7 Å². The number of hydrogen-bond donors (Lipinski definition) is 0. The summed E-state index contributed by atoms with van der Waals surface area (Å²) >= 11 is 0. The van der Waals surface area contributed by atoms with Gasteiger partial charge in [-0.25, -0.2) is 4.98 Å². The maximum absolute atomic E-state index is 12.9. The maximum atomic E-state index is 12.9. The Balaban J connectivity index is 1.44. The van der Waals surface area contributed by atoms with E-state index in [4.69, 9.17) is 0 Å². The number of imide groups is 1. The standard InChI is InChI=1S/C22H15N3O3/c26-19(25-13-23-17-9-1-2-10-18(17)25)11-12-24-21(27)15-7-3-5-14-6-4-8-16(20(14)15)22(24)28/h1-10,13H,11-12H2. The second kappa shape index (κ2) is 6.13. The van der Waals surface area contributed by atoms with Crippen molar-refractivity contribution in [2.45, 2.75) is 6.42 Å². The van der Waals surface area contributed by atoms with Gasteiger partial charge in [-0.3, -0.25) is 23.9 Å². The van der Waals surface area contributed by atoms with Crippen LogP contribution in [0.25, 0.3) is 21.8 Å². The number of aromatic nitrogens is 2. The fourth-order valence-electron chi connectivity index (χ4n) is 3.77. The second-order valence-electron chi connectivity index (χ2n) is 6.72. The first-order chi connectivity index (χ1) is 13.6. The van der Waals surface area contributed by atoms with Crippen molar-refractivity contribution >= 4 is 39.5 Å². The number of nitrogens with zero attached hydrogens (tertiary/aromatic N) is 3. The number of carbonyl (C=O) groups excluding carboxylic acids is 3. The quantitative estimate of drug-likeness (QED) is 0.518. The highest BCUT2D eigenvalue weighted by molar-refractivity contribution is 6.25. The Morgan fingerprint density at radius 2 is 1.54 bits per heavy atom. The van der Waals surface area contributed by atoms with E-state index in [2.05, 4.69) is 4.98 Å². The van der Waals surface area contributed by atoms with Crippen LogP contribution in [0.1, 0.15) is 31.9 Å². The fraction of sp³-hybridized carbons (Fsp3) is 0.0909. The van der Waals surface area contributed by atoms with Gasteiger partial charge in [0.2, 0.25) is 5.91 Å². The molecule has 2 heterocycles. The van der Waals surface area contributed by atoms with Crippen molar-refractivity contribution in [3.05, 3.63) is 78.1 Å². The molecule has 0 saturated heterocycles. The molecule has 28 heavy (non-hydrogen) atoms. The van der Waals surface area contributed by atoms with Gasteiger partial charge >= 0.3 is 0 Å². The van der Waals surface area contributed by atoms with Crippen molar-refractivity contribution in [1.82, 2.24) is 14.5 Å². The van der Waals surface area contributed by atoms with Gasteiger partial charge in [-0.15, -0.1) is 0 Å². The molecule has 3 aromatic carbocycles. The number of fused-ring (bicyclic) bond motifs is 1. The zero-order chi connectivity index (χ0) is 19.3.